The summed E-state index contributed by atoms with van der Waals surface area (Å²) in [6.45, 7) is -6.93. The Morgan fingerprint density at radius 2 is 0.718 bits per heavy atom. The van der Waals surface area contributed by atoms with Crippen molar-refractivity contribution < 1.29 is 146 Å². The number of hydrogen-bond donors (Lipinski definition) is 15. The highest BCUT2D eigenvalue weighted by Gasteiger charge is 2.60. The molecule has 0 radical (unpaired) electrons. The van der Waals surface area contributed by atoms with Crippen molar-refractivity contribution in [3.8, 4) is 0 Å². The third kappa shape index (κ3) is 33.8. The SMILES string of the molecule is C.C.C.C.C.Nc1ccn([C@@H]2O[C@H](CO)[C@H](O)/C2=C\F)c(=O)n1.Nc1ccn([C@@H]2O[C@H](COP(=O)(Cl)CP(=O)(Cl)Cl)[C@H](O)/C2=C\F)c(=O)n1.Nc1ccn([C@@H]2O[C@H](COP(=O)(O)CP(=O)(O)O)[C@H](O)/C2=C\F)c(=O)n1.Nc1ccn([C@@H]2O[C@H](COP(=O)(O)CP(=O)(O)O)[C@H](O)C2(F)F)c(=O)n1.O=P(Cl)(Cl)CP(=O)(Cl)Cl. The molecule has 4 aromatic heterocycles. The van der Waals surface area contributed by atoms with Crippen LogP contribution >= 0.6 is 133 Å². The number of aliphatic hydroxyl groups excluding tert-OH is 5. The molecular weight excluding hydrogens is 1820 g/mol. The number of ether oxygens (including phenoxy) is 4. The van der Waals surface area contributed by atoms with Gasteiger partial charge in [0.2, 0.25) is 6.23 Å². The molecule has 0 amide bonds. The number of halogens is 12. The van der Waals surface area contributed by atoms with Gasteiger partial charge in [-0.1, -0.05) is 37.1 Å². The first kappa shape index (κ1) is 109. The van der Waals surface area contributed by atoms with E-state index in [0.717, 1.165) is 32.2 Å². The van der Waals surface area contributed by atoms with Crippen LogP contribution in [0.25, 0.3) is 0 Å². The van der Waals surface area contributed by atoms with Gasteiger partial charge in [-0.05, 0) is 103 Å². The second kappa shape index (κ2) is 44.3. The van der Waals surface area contributed by atoms with Crippen molar-refractivity contribution in [3.05, 3.63) is 127 Å². The fraction of sp³-hybridized carbons (Fsp3) is 0.542. The summed E-state index contributed by atoms with van der Waals surface area (Å²) in [6, 6.07) is 4.90. The number of rotatable bonds is 22. The van der Waals surface area contributed by atoms with Crippen LogP contribution in [-0.2, 0) is 69.0 Å². The van der Waals surface area contributed by atoms with Crippen LogP contribution in [0.2, 0.25) is 0 Å². The molecule has 634 valence electrons. The summed E-state index contributed by atoms with van der Waals surface area (Å²) in [4.78, 5) is 114. The Morgan fingerprint density at radius 3 is 0.982 bits per heavy atom. The van der Waals surface area contributed by atoms with E-state index in [2.05, 4.69) is 29.0 Å². The second-order valence-corrected chi connectivity index (χ2v) is 49.1. The van der Waals surface area contributed by atoms with Crippen molar-refractivity contribution in [2.24, 2.45) is 0 Å². The van der Waals surface area contributed by atoms with Gasteiger partial charge in [0.05, 0.1) is 45.4 Å². The van der Waals surface area contributed by atoms with Gasteiger partial charge in [-0.2, -0.15) is 28.7 Å². The Bertz CT molecular complexity index is 4350. The van der Waals surface area contributed by atoms with E-state index in [1.54, 1.807) is 0 Å². The molecule has 62 heteroatoms. The zero-order valence-corrected chi connectivity index (χ0v) is 64.1. The Kier molecular flexibility index (Phi) is 43.9. The number of nitrogens with zero attached hydrogens (tertiary/aromatic N) is 8. The highest BCUT2D eigenvalue weighted by molar-refractivity contribution is 8.21. The Morgan fingerprint density at radius 1 is 0.445 bits per heavy atom. The van der Waals surface area contributed by atoms with E-state index in [1.165, 1.54) is 30.6 Å². The molecule has 19 N–H and O–H groups in total. The summed E-state index contributed by atoms with van der Waals surface area (Å²) < 4.78 is 194. The van der Waals surface area contributed by atoms with Gasteiger partial charge >= 0.3 is 59.1 Å². The normalized spacial score (nSPS) is 25.7. The monoisotopic (exact) mass is 1890 g/mol. The van der Waals surface area contributed by atoms with E-state index in [9.17, 15) is 108 Å². The maximum Gasteiger partial charge on any atom is 0.351 e. The third-order valence-electron chi connectivity index (χ3n) is 12.9. The van der Waals surface area contributed by atoms with E-state index in [4.69, 9.17) is 150 Å². The zero-order valence-electron chi connectivity index (χ0n) is 51.6. The highest BCUT2D eigenvalue weighted by atomic mass is 35.9. The van der Waals surface area contributed by atoms with Gasteiger partial charge in [0.15, 0.2) is 36.6 Å². The van der Waals surface area contributed by atoms with Crippen LogP contribution in [-0.4, -0.2) is 198 Å². The van der Waals surface area contributed by atoms with E-state index < -0.39 is 207 Å². The first-order chi connectivity index (χ1) is 47.9. The number of nitrogens with two attached hydrogens (primary N) is 4. The van der Waals surface area contributed by atoms with Gasteiger partial charge in [0.1, 0.15) is 77.8 Å². The van der Waals surface area contributed by atoms with Gasteiger partial charge < -0.3 is 110 Å². The van der Waals surface area contributed by atoms with Crippen molar-refractivity contribution >= 4 is 157 Å². The van der Waals surface area contributed by atoms with E-state index in [-0.39, 0.29) is 96.1 Å². The fourth-order valence-corrected chi connectivity index (χ4v) is 29.9. The molecule has 8 rings (SSSR count). The Hall–Kier alpha value is -3.26. The minimum Gasteiger partial charge on any atom is -0.394 e. The lowest BCUT2D eigenvalue weighted by atomic mass is 10.1. The summed E-state index contributed by atoms with van der Waals surface area (Å²) in [5, 5.41) is 48.5. The quantitative estimate of drug-likeness (QED) is 0.0264. The summed E-state index contributed by atoms with van der Waals surface area (Å²) in [7, 11) is -19.3. The van der Waals surface area contributed by atoms with Gasteiger partial charge in [-0.25, -0.2) is 32.3 Å². The largest absolute Gasteiger partial charge is 0.394 e. The smallest absolute Gasteiger partial charge is 0.351 e. The average molecular weight is 1890 g/mol. The molecule has 3 unspecified atom stereocenters. The highest BCUT2D eigenvalue weighted by Crippen LogP contribution is 2.72. The molecule has 4 aliphatic heterocycles. The summed E-state index contributed by atoms with van der Waals surface area (Å²) in [5.74, 6) is -19.2. The maximum absolute atomic E-state index is 14.2. The lowest BCUT2D eigenvalue weighted by Gasteiger charge is -2.20. The van der Waals surface area contributed by atoms with Crippen LogP contribution < -0.4 is 45.7 Å². The Labute approximate surface area is 653 Å². The number of anilines is 4. The predicted octanol–water partition coefficient (Wildman–Crippen LogP) is 7.74. The second-order valence-electron chi connectivity index (χ2n) is 21.1. The molecule has 4 fully saturated rings. The third-order valence-corrected chi connectivity index (χ3v) is 32.7. The lowest BCUT2D eigenvalue weighted by molar-refractivity contribution is -0.140. The van der Waals surface area contributed by atoms with Crippen molar-refractivity contribution in [2.75, 3.05) is 73.0 Å². The van der Waals surface area contributed by atoms with Crippen molar-refractivity contribution in [1.82, 2.24) is 38.2 Å². The molecule has 0 spiro atoms. The molecule has 110 heavy (non-hydrogen) atoms. The van der Waals surface area contributed by atoms with E-state index in [0.29, 0.717) is 4.57 Å². The van der Waals surface area contributed by atoms with Crippen LogP contribution in [0.4, 0.5) is 45.2 Å². The molecule has 4 saturated heterocycles. The van der Waals surface area contributed by atoms with E-state index in [1.807, 2.05) is 0 Å². The van der Waals surface area contributed by atoms with Crippen molar-refractivity contribution in [3.63, 3.8) is 0 Å². The molecule has 8 heterocycles. The van der Waals surface area contributed by atoms with Crippen LogP contribution in [0, 0.1) is 0 Å². The molecule has 0 saturated carbocycles. The predicted molar refractivity (Wildman–Crippen MR) is 397 cm³/mol. The van der Waals surface area contributed by atoms with E-state index >= 15 is 0 Å². The minimum absolute atomic E-state index is 0. The first-order valence-electron chi connectivity index (χ1n) is 27.4. The summed E-state index contributed by atoms with van der Waals surface area (Å²) >= 11 is 36.2. The summed E-state index contributed by atoms with van der Waals surface area (Å²) in [6.07, 6.45) is -13.9. The number of alkyl halides is 2. The number of hydrogen-bond acceptors (Lipinski definition) is 32. The van der Waals surface area contributed by atoms with Gasteiger partial charge in [0, 0.05) is 41.5 Å². The fourth-order valence-electron chi connectivity index (χ4n) is 8.54. The number of aromatic nitrogens is 8. The molecule has 0 aliphatic carbocycles. The zero-order chi connectivity index (χ0) is 80.3. The van der Waals surface area contributed by atoms with Gasteiger partial charge in [-0.3, -0.25) is 54.8 Å². The number of aliphatic hydroxyl groups is 5. The molecule has 4 aliphatic rings. The topological polar surface area (TPSA) is 667 Å². The maximum atomic E-state index is 14.2. The standard InChI is InChI=1S/C11H13Cl3FN3O6P2.C11H16FN3O9P2.C10H15F2N3O9P2.C10H12FN3O4.CH2Cl4O2P2.5CH4/c12-25(13,21)5-26(14,22)23-4-7-9(19)6(3-15)10(24-7)18-2-1-8(16)17-11(18)20;12-3-6-9(16)7(4-23-26(21,22)5-25(18,19)20)24-10(6)15-2-1-8(13)14-11(15)17;11-10(12)7(16)5(3-23-26(21,22)4-25(18,19)20)24-8(10)15-2-1-6(13)14-9(15)17;11-3-5-8(16)6(4-15)18-9(5)14-2-1-7(12)13-10(14)17;2-8(3,6)1-9(4,5)7;;;;;/h1-3,7,9-10,19H,4-5H2,(H2,16,17,20);1-3,7,9-10,16H,4-5H2,(H,21,22)(H2,13,14,17)(H2,18,19,20);1-2,5,7-8,16H,3-4H2,(H,21,22)(H2,13,14,17)(H2,18,19,20);1-3,6,8-9,15-16H,4H2,(H2,12,13,17);1H2;5*1H4/b2*6-3+;;5-3+;;;;;;/t7-,9-,10-,26?;7-,9-,10-;5-,7+,8-;6-,8-,9-;;;;;;/m1111....../s1. The molecule has 4 aromatic rings. The lowest BCUT2D eigenvalue weighted by Crippen LogP contribution is -2.41. The van der Waals surface area contributed by atoms with Crippen LogP contribution in [0.15, 0.2) is 104 Å². The molecule has 0 bridgehead atoms. The summed E-state index contributed by atoms with van der Waals surface area (Å²) in [5.41, 5.74) is 16.8. The molecule has 15 atom stereocenters. The molecule has 0 aromatic carbocycles. The van der Waals surface area contributed by atoms with Crippen LogP contribution in [0.1, 0.15) is 62.0 Å². The van der Waals surface area contributed by atoms with Crippen LogP contribution in [0.5, 0.6) is 0 Å². The molecular formula is C48H78Cl7F5N12O30P8. The first-order valence-corrected chi connectivity index (χ1v) is 48.3. The minimum atomic E-state index is -4.92. The van der Waals surface area contributed by atoms with Gasteiger partial charge in [0.25, 0.3) is 24.3 Å². The van der Waals surface area contributed by atoms with Gasteiger partial charge in [-0.15, -0.1) is 0 Å². The Balaban J connectivity index is 0. The van der Waals surface area contributed by atoms with Crippen molar-refractivity contribution in [1.29, 1.82) is 0 Å². The average Bonchev–Trinajstić information content (AvgIpc) is 1.62. The van der Waals surface area contributed by atoms with Crippen molar-refractivity contribution in [2.45, 2.75) is 117 Å². The molecule has 42 nitrogen and oxygen atoms in total. The number of nitrogen functional groups attached to an aromatic ring is 4. The van der Waals surface area contributed by atoms with Crippen LogP contribution in [0.3, 0.4) is 0 Å².